The van der Waals surface area contributed by atoms with Crippen molar-refractivity contribution in [1.29, 1.82) is 0 Å². The Labute approximate surface area is 166 Å². The molecule has 2 N–H and O–H groups in total. The van der Waals surface area contributed by atoms with E-state index in [1.54, 1.807) is 0 Å². The summed E-state index contributed by atoms with van der Waals surface area (Å²) in [6.45, 7) is 8.81. The largest absolute Gasteiger partial charge is 0.487 e. The van der Waals surface area contributed by atoms with Crippen molar-refractivity contribution in [3.05, 3.63) is 34.4 Å². The second kappa shape index (κ2) is 5.76. The lowest BCUT2D eigenvalue weighted by Gasteiger charge is -2.51. The van der Waals surface area contributed by atoms with Crippen molar-refractivity contribution in [3.8, 4) is 11.5 Å². The highest BCUT2D eigenvalue weighted by atomic mass is 16.5. The van der Waals surface area contributed by atoms with Gasteiger partial charge in [0, 0.05) is 29.5 Å². The summed E-state index contributed by atoms with van der Waals surface area (Å²) in [6.07, 6.45) is 5.45. The minimum atomic E-state index is -0.876. The van der Waals surface area contributed by atoms with Crippen molar-refractivity contribution in [3.63, 3.8) is 0 Å². The molecule has 0 radical (unpaired) electrons. The number of carbonyl (C=O) groups is 1. The molecule has 0 bridgehead atoms. The van der Waals surface area contributed by atoms with Crippen LogP contribution in [0.1, 0.15) is 80.8 Å². The maximum Gasteiger partial charge on any atom is 0.252 e. The Morgan fingerprint density at radius 1 is 1.39 bits per heavy atom. The molecule has 5 unspecified atom stereocenters. The molecule has 1 aliphatic carbocycles. The number of hydrogen-bond donors (Lipinski definition) is 2. The van der Waals surface area contributed by atoms with Gasteiger partial charge in [0.15, 0.2) is 0 Å². The van der Waals surface area contributed by atoms with Gasteiger partial charge < -0.3 is 19.9 Å². The van der Waals surface area contributed by atoms with Crippen molar-refractivity contribution >= 4 is 5.91 Å². The highest BCUT2D eigenvalue weighted by Crippen LogP contribution is 2.62. The first-order valence-corrected chi connectivity index (χ1v) is 10.4. The molecular weight excluding hydrogens is 354 g/mol. The Morgan fingerprint density at radius 2 is 2.18 bits per heavy atom. The fraction of sp³-hybridized carbons (Fsp3) is 0.609. The van der Waals surface area contributed by atoms with Crippen molar-refractivity contribution in [2.24, 2.45) is 5.92 Å². The molecule has 5 nitrogen and oxygen atoms in total. The lowest BCUT2D eigenvalue weighted by molar-refractivity contribution is -0.125. The third-order valence-electron chi connectivity index (χ3n) is 7.29. The summed E-state index contributed by atoms with van der Waals surface area (Å²) in [7, 11) is 0. The zero-order chi connectivity index (χ0) is 19.8. The van der Waals surface area contributed by atoms with Crippen LogP contribution in [0.15, 0.2) is 17.7 Å². The predicted molar refractivity (Wildman–Crippen MR) is 106 cm³/mol. The molecule has 3 aliphatic heterocycles. The molecule has 1 fully saturated rings. The Hall–Kier alpha value is -2.01. The average Bonchev–Trinajstić information content (AvgIpc) is 3.17. The summed E-state index contributed by atoms with van der Waals surface area (Å²) in [5.41, 5.74) is 2.74. The smallest absolute Gasteiger partial charge is 0.252 e. The Kier molecular flexibility index (Phi) is 3.71. The molecular formula is C23H29NO4. The fourth-order valence-electron chi connectivity index (χ4n) is 5.81. The summed E-state index contributed by atoms with van der Waals surface area (Å²) in [6, 6.07) is 1.90. The van der Waals surface area contributed by atoms with Gasteiger partial charge in [-0.1, -0.05) is 11.6 Å². The third-order valence-corrected chi connectivity index (χ3v) is 7.29. The first-order valence-electron chi connectivity index (χ1n) is 10.4. The second-order valence-electron chi connectivity index (χ2n) is 9.63. The van der Waals surface area contributed by atoms with Gasteiger partial charge in [-0.05, 0) is 59.4 Å². The predicted octanol–water partition coefficient (Wildman–Crippen LogP) is 3.83. The van der Waals surface area contributed by atoms with E-state index in [-0.39, 0.29) is 23.5 Å². The number of allylic oxidation sites excluding steroid dienone is 2. The minimum Gasteiger partial charge on any atom is -0.487 e. The number of carbonyl (C=O) groups excluding carboxylic acids is 1. The van der Waals surface area contributed by atoms with E-state index in [0.29, 0.717) is 24.4 Å². The number of hydrogen-bond acceptors (Lipinski definition) is 4. The number of ether oxygens (including phenoxy) is 2. The van der Waals surface area contributed by atoms with E-state index in [1.807, 2.05) is 13.0 Å². The molecule has 1 saturated carbocycles. The fourth-order valence-corrected chi connectivity index (χ4v) is 5.81. The molecule has 5 rings (SSSR count). The zero-order valence-electron chi connectivity index (χ0n) is 17.1. The van der Waals surface area contributed by atoms with Gasteiger partial charge in [-0.3, -0.25) is 4.79 Å². The number of aliphatic hydroxyl groups is 1. The minimum absolute atomic E-state index is 0.0729. The number of amides is 1. The summed E-state index contributed by atoms with van der Waals surface area (Å²) in [5, 5.41) is 14.0. The van der Waals surface area contributed by atoms with E-state index in [1.165, 1.54) is 5.57 Å². The summed E-state index contributed by atoms with van der Waals surface area (Å²) in [4.78, 5) is 12.3. The molecule has 4 aliphatic rings. The highest BCUT2D eigenvalue weighted by Gasteiger charge is 2.61. The molecule has 150 valence electrons. The highest BCUT2D eigenvalue weighted by molar-refractivity contribution is 6.00. The first kappa shape index (κ1) is 18.0. The van der Waals surface area contributed by atoms with Crippen LogP contribution in [0.4, 0.5) is 0 Å². The van der Waals surface area contributed by atoms with Crippen molar-refractivity contribution in [2.75, 3.05) is 0 Å². The van der Waals surface area contributed by atoms with Gasteiger partial charge in [-0.2, -0.15) is 0 Å². The van der Waals surface area contributed by atoms with Gasteiger partial charge in [0.1, 0.15) is 23.2 Å². The average molecular weight is 383 g/mol. The molecule has 28 heavy (non-hydrogen) atoms. The second-order valence-corrected chi connectivity index (χ2v) is 9.63. The van der Waals surface area contributed by atoms with Crippen LogP contribution in [0.2, 0.25) is 0 Å². The molecule has 5 atom stereocenters. The molecule has 0 spiro atoms. The van der Waals surface area contributed by atoms with Crippen LogP contribution >= 0.6 is 0 Å². The van der Waals surface area contributed by atoms with Crippen molar-refractivity contribution in [2.45, 2.75) is 83.1 Å². The summed E-state index contributed by atoms with van der Waals surface area (Å²) in [5.74, 6) is 1.88. The number of rotatable bonds is 3. The van der Waals surface area contributed by atoms with Gasteiger partial charge in [0.2, 0.25) is 0 Å². The maximum atomic E-state index is 12.3. The van der Waals surface area contributed by atoms with E-state index in [4.69, 9.17) is 9.47 Å². The van der Waals surface area contributed by atoms with Crippen LogP contribution in [0.5, 0.6) is 11.5 Å². The number of nitrogens with one attached hydrogen (secondary N) is 1. The van der Waals surface area contributed by atoms with Gasteiger partial charge in [0.05, 0.1) is 11.2 Å². The van der Waals surface area contributed by atoms with Crippen LogP contribution in [0.3, 0.4) is 0 Å². The maximum absolute atomic E-state index is 12.3. The molecule has 1 aromatic carbocycles. The topological polar surface area (TPSA) is 67.8 Å². The quantitative estimate of drug-likeness (QED) is 0.779. The van der Waals surface area contributed by atoms with Gasteiger partial charge in [-0.25, -0.2) is 0 Å². The van der Waals surface area contributed by atoms with Gasteiger partial charge >= 0.3 is 0 Å². The van der Waals surface area contributed by atoms with E-state index in [9.17, 15) is 9.90 Å². The third kappa shape index (κ3) is 2.38. The molecule has 3 heterocycles. The SMILES string of the molecule is CC(C)=CCCC1(C)Oc2cc3c(c4c2C2C(O4)C(C)(O)CCC21)CNC3=O. The van der Waals surface area contributed by atoms with Crippen LogP contribution in [-0.2, 0) is 6.54 Å². The van der Waals surface area contributed by atoms with Crippen molar-refractivity contribution < 1.29 is 19.4 Å². The lowest BCUT2D eigenvalue weighted by Crippen LogP contribution is -2.57. The zero-order valence-corrected chi connectivity index (χ0v) is 17.1. The van der Waals surface area contributed by atoms with E-state index in [2.05, 4.69) is 32.2 Å². The molecule has 1 aromatic rings. The molecule has 1 amide bonds. The summed E-state index contributed by atoms with van der Waals surface area (Å²) < 4.78 is 13.1. The Balaban J connectivity index is 1.64. The van der Waals surface area contributed by atoms with Crippen LogP contribution < -0.4 is 14.8 Å². The van der Waals surface area contributed by atoms with E-state index < -0.39 is 5.60 Å². The van der Waals surface area contributed by atoms with Gasteiger partial charge in [-0.15, -0.1) is 0 Å². The molecule has 5 heteroatoms. The van der Waals surface area contributed by atoms with Crippen molar-refractivity contribution in [1.82, 2.24) is 5.32 Å². The Bertz CT molecular complexity index is 898. The normalized spacial score (nSPS) is 36.8. The van der Waals surface area contributed by atoms with Crippen LogP contribution in [0, 0.1) is 5.92 Å². The first-order chi connectivity index (χ1) is 13.2. The number of fused-ring (bicyclic) bond motifs is 2. The monoisotopic (exact) mass is 383 g/mol. The Morgan fingerprint density at radius 3 is 2.93 bits per heavy atom. The lowest BCUT2D eigenvalue weighted by atomic mass is 9.61. The number of benzene rings is 1. The van der Waals surface area contributed by atoms with E-state index >= 15 is 0 Å². The molecule has 0 saturated heterocycles. The summed E-state index contributed by atoms with van der Waals surface area (Å²) >= 11 is 0. The standard InChI is InChI=1S/C23H29NO4/c1-12(2)6-5-8-23(4)15-7-9-22(3,26)20-17(15)18-16(28-23)10-13-14(19(18)27-20)11-24-21(13)25/h6,10,15,17,20,26H,5,7-9,11H2,1-4H3,(H,24,25). The molecule has 0 aromatic heterocycles. The van der Waals surface area contributed by atoms with Crippen LogP contribution in [-0.4, -0.2) is 28.3 Å². The van der Waals surface area contributed by atoms with Gasteiger partial charge in [0.25, 0.3) is 5.91 Å². The van der Waals surface area contributed by atoms with E-state index in [0.717, 1.165) is 41.9 Å². The van der Waals surface area contributed by atoms with Crippen LogP contribution in [0.25, 0.3) is 0 Å².